The Bertz CT molecular complexity index is 542. The van der Waals surface area contributed by atoms with E-state index in [-0.39, 0.29) is 5.69 Å². The SMILES string of the molecule is CCOC(=O)c1cc(Cl)c2cnccc2n1. The summed E-state index contributed by atoms with van der Waals surface area (Å²) in [4.78, 5) is 19.6. The number of halogens is 1. The monoisotopic (exact) mass is 236 g/mol. The lowest BCUT2D eigenvalue weighted by Gasteiger charge is -2.04. The van der Waals surface area contributed by atoms with Crippen molar-refractivity contribution in [2.75, 3.05) is 6.61 Å². The van der Waals surface area contributed by atoms with Gasteiger partial charge in [0.05, 0.1) is 17.1 Å². The fourth-order valence-corrected chi connectivity index (χ4v) is 1.59. The Morgan fingerprint density at radius 1 is 1.56 bits per heavy atom. The quantitative estimate of drug-likeness (QED) is 0.752. The molecule has 0 atom stereocenters. The molecule has 0 bridgehead atoms. The van der Waals surface area contributed by atoms with Gasteiger partial charge in [0.25, 0.3) is 0 Å². The number of nitrogens with zero attached hydrogens (tertiary/aromatic N) is 2. The molecule has 2 aromatic rings. The largest absolute Gasteiger partial charge is 0.461 e. The number of hydrogen-bond donors (Lipinski definition) is 0. The van der Waals surface area contributed by atoms with Crippen LogP contribution in [-0.4, -0.2) is 22.5 Å². The van der Waals surface area contributed by atoms with Gasteiger partial charge in [0.1, 0.15) is 0 Å². The van der Waals surface area contributed by atoms with Crippen LogP contribution in [-0.2, 0) is 4.74 Å². The van der Waals surface area contributed by atoms with Crippen molar-refractivity contribution in [2.24, 2.45) is 0 Å². The van der Waals surface area contributed by atoms with Crippen LogP contribution < -0.4 is 0 Å². The van der Waals surface area contributed by atoms with Gasteiger partial charge in [0.2, 0.25) is 0 Å². The Balaban J connectivity index is 2.53. The van der Waals surface area contributed by atoms with Crippen LogP contribution in [0.4, 0.5) is 0 Å². The molecular formula is C11H9ClN2O2. The molecule has 0 aliphatic heterocycles. The predicted octanol–water partition coefficient (Wildman–Crippen LogP) is 2.46. The molecule has 82 valence electrons. The molecule has 0 N–H and O–H groups in total. The molecule has 0 aromatic carbocycles. The molecule has 0 aliphatic rings. The van der Waals surface area contributed by atoms with E-state index in [9.17, 15) is 4.79 Å². The van der Waals surface area contributed by atoms with Gasteiger partial charge in [0, 0.05) is 17.8 Å². The zero-order valence-electron chi connectivity index (χ0n) is 8.61. The molecule has 2 rings (SSSR count). The average Bonchev–Trinajstić information content (AvgIpc) is 2.29. The summed E-state index contributed by atoms with van der Waals surface area (Å²) < 4.78 is 4.86. The number of pyridine rings is 2. The van der Waals surface area contributed by atoms with Crippen molar-refractivity contribution in [1.29, 1.82) is 0 Å². The van der Waals surface area contributed by atoms with Gasteiger partial charge in [-0.2, -0.15) is 0 Å². The summed E-state index contributed by atoms with van der Waals surface area (Å²) in [6.07, 6.45) is 3.21. The van der Waals surface area contributed by atoms with Gasteiger partial charge in [-0.05, 0) is 19.1 Å². The first-order valence-corrected chi connectivity index (χ1v) is 5.17. The zero-order valence-corrected chi connectivity index (χ0v) is 9.36. The standard InChI is InChI=1S/C11H9ClN2O2/c1-2-16-11(15)10-5-8(12)7-6-13-4-3-9(7)14-10/h3-6H,2H2,1H3. The van der Waals surface area contributed by atoms with Gasteiger partial charge in [-0.3, -0.25) is 4.98 Å². The van der Waals surface area contributed by atoms with E-state index >= 15 is 0 Å². The Kier molecular flexibility index (Phi) is 3.01. The van der Waals surface area contributed by atoms with E-state index in [0.29, 0.717) is 17.1 Å². The van der Waals surface area contributed by atoms with E-state index in [1.165, 1.54) is 6.07 Å². The second-order valence-corrected chi connectivity index (χ2v) is 3.51. The third-order valence-corrected chi connectivity index (χ3v) is 2.36. The highest BCUT2D eigenvalue weighted by molar-refractivity contribution is 6.35. The van der Waals surface area contributed by atoms with Crippen molar-refractivity contribution in [3.8, 4) is 0 Å². The Morgan fingerprint density at radius 2 is 2.38 bits per heavy atom. The minimum atomic E-state index is -0.469. The highest BCUT2D eigenvalue weighted by atomic mass is 35.5. The van der Waals surface area contributed by atoms with Crippen molar-refractivity contribution in [2.45, 2.75) is 6.92 Å². The van der Waals surface area contributed by atoms with Crippen LogP contribution in [0, 0.1) is 0 Å². The summed E-state index contributed by atoms with van der Waals surface area (Å²) in [6.45, 7) is 2.05. The lowest BCUT2D eigenvalue weighted by molar-refractivity contribution is 0.0520. The minimum Gasteiger partial charge on any atom is -0.461 e. The molecule has 0 fully saturated rings. The molecule has 2 aromatic heterocycles. The first-order chi connectivity index (χ1) is 7.72. The maximum atomic E-state index is 11.5. The smallest absolute Gasteiger partial charge is 0.356 e. The van der Waals surface area contributed by atoms with Crippen LogP contribution in [0.2, 0.25) is 5.02 Å². The Labute approximate surface area is 97.2 Å². The molecule has 2 heterocycles. The van der Waals surface area contributed by atoms with E-state index < -0.39 is 5.97 Å². The molecular weight excluding hydrogens is 228 g/mol. The summed E-state index contributed by atoms with van der Waals surface area (Å²) in [7, 11) is 0. The summed E-state index contributed by atoms with van der Waals surface area (Å²) in [5.41, 5.74) is 0.844. The first-order valence-electron chi connectivity index (χ1n) is 4.79. The number of carbonyl (C=O) groups is 1. The van der Waals surface area contributed by atoms with Crippen LogP contribution in [0.1, 0.15) is 17.4 Å². The molecule has 0 unspecified atom stereocenters. The Morgan fingerprint density at radius 3 is 3.12 bits per heavy atom. The second kappa shape index (κ2) is 4.45. The first kappa shape index (κ1) is 10.8. The third-order valence-electron chi connectivity index (χ3n) is 2.04. The number of esters is 1. The van der Waals surface area contributed by atoms with Crippen molar-refractivity contribution in [3.05, 3.63) is 35.2 Å². The number of carbonyl (C=O) groups excluding carboxylic acids is 1. The normalized spacial score (nSPS) is 10.4. The van der Waals surface area contributed by atoms with Crippen molar-refractivity contribution >= 4 is 28.5 Å². The van der Waals surface area contributed by atoms with Gasteiger partial charge < -0.3 is 4.74 Å². The summed E-state index contributed by atoms with van der Waals surface area (Å²) in [5, 5.41) is 1.17. The third kappa shape index (κ3) is 1.97. The lowest BCUT2D eigenvalue weighted by Crippen LogP contribution is -2.07. The number of rotatable bonds is 2. The average molecular weight is 237 g/mol. The van der Waals surface area contributed by atoms with Gasteiger partial charge in [-0.25, -0.2) is 9.78 Å². The summed E-state index contributed by atoms with van der Waals surface area (Å²) in [6, 6.07) is 3.19. The van der Waals surface area contributed by atoms with E-state index in [4.69, 9.17) is 16.3 Å². The zero-order chi connectivity index (χ0) is 11.5. The molecule has 4 nitrogen and oxygen atoms in total. The molecule has 0 amide bonds. The van der Waals surface area contributed by atoms with Crippen molar-refractivity contribution in [1.82, 2.24) is 9.97 Å². The molecule has 0 radical (unpaired) electrons. The molecule has 0 saturated heterocycles. The number of aromatic nitrogens is 2. The van der Waals surface area contributed by atoms with Crippen LogP contribution in [0.5, 0.6) is 0 Å². The van der Waals surface area contributed by atoms with E-state index in [1.807, 2.05) is 0 Å². The number of fused-ring (bicyclic) bond motifs is 1. The van der Waals surface area contributed by atoms with Gasteiger partial charge >= 0.3 is 5.97 Å². The maximum absolute atomic E-state index is 11.5. The van der Waals surface area contributed by atoms with Crippen molar-refractivity contribution in [3.63, 3.8) is 0 Å². The topological polar surface area (TPSA) is 52.1 Å². The van der Waals surface area contributed by atoms with E-state index in [0.717, 1.165) is 5.39 Å². The lowest BCUT2D eigenvalue weighted by atomic mass is 10.2. The van der Waals surface area contributed by atoms with Gasteiger partial charge in [0.15, 0.2) is 5.69 Å². The van der Waals surface area contributed by atoms with E-state index in [2.05, 4.69) is 9.97 Å². The van der Waals surface area contributed by atoms with Gasteiger partial charge in [-0.1, -0.05) is 11.6 Å². The van der Waals surface area contributed by atoms with Crippen LogP contribution >= 0.6 is 11.6 Å². The second-order valence-electron chi connectivity index (χ2n) is 3.10. The highest BCUT2D eigenvalue weighted by Crippen LogP contribution is 2.22. The van der Waals surface area contributed by atoms with Crippen molar-refractivity contribution < 1.29 is 9.53 Å². The number of ether oxygens (including phenoxy) is 1. The molecule has 0 spiro atoms. The molecule has 5 heteroatoms. The predicted molar refractivity (Wildman–Crippen MR) is 60.5 cm³/mol. The molecule has 0 aliphatic carbocycles. The number of hydrogen-bond acceptors (Lipinski definition) is 4. The molecule has 16 heavy (non-hydrogen) atoms. The van der Waals surface area contributed by atoms with Crippen LogP contribution in [0.15, 0.2) is 24.5 Å². The van der Waals surface area contributed by atoms with Crippen LogP contribution in [0.3, 0.4) is 0 Å². The highest BCUT2D eigenvalue weighted by Gasteiger charge is 2.11. The summed E-state index contributed by atoms with van der Waals surface area (Å²) >= 11 is 6.02. The van der Waals surface area contributed by atoms with Crippen LogP contribution in [0.25, 0.3) is 10.9 Å². The Hall–Kier alpha value is -1.68. The molecule has 0 saturated carbocycles. The van der Waals surface area contributed by atoms with E-state index in [1.54, 1.807) is 25.4 Å². The fraction of sp³-hybridized carbons (Fsp3) is 0.182. The van der Waals surface area contributed by atoms with Gasteiger partial charge in [-0.15, -0.1) is 0 Å². The fourth-order valence-electron chi connectivity index (χ4n) is 1.34. The summed E-state index contributed by atoms with van der Waals surface area (Å²) in [5.74, 6) is -0.469. The maximum Gasteiger partial charge on any atom is 0.356 e. The minimum absolute atomic E-state index is 0.213.